The van der Waals surface area contributed by atoms with Crippen LogP contribution in [-0.2, 0) is 9.53 Å². The predicted molar refractivity (Wildman–Crippen MR) is 109 cm³/mol. The third-order valence-corrected chi connectivity index (χ3v) is 4.78. The smallest absolute Gasteiger partial charge is 0.246 e. The highest BCUT2D eigenvalue weighted by atomic mass is 35.5. The van der Waals surface area contributed by atoms with Crippen LogP contribution < -0.4 is 15.4 Å². The zero-order valence-electron chi connectivity index (χ0n) is 15.6. The molecule has 1 atom stereocenters. The Kier molecular flexibility index (Phi) is 6.58. The second-order valence-electron chi connectivity index (χ2n) is 6.77. The van der Waals surface area contributed by atoms with Crippen molar-refractivity contribution in [3.05, 3.63) is 53.1 Å². The third-order valence-electron chi connectivity index (χ3n) is 4.53. The van der Waals surface area contributed by atoms with Crippen molar-refractivity contribution in [2.24, 2.45) is 0 Å². The maximum absolute atomic E-state index is 12.4. The molecule has 144 valence electrons. The molecule has 1 aliphatic rings. The van der Waals surface area contributed by atoms with Gasteiger partial charge in [-0.3, -0.25) is 4.79 Å². The van der Waals surface area contributed by atoms with Crippen LogP contribution in [-0.4, -0.2) is 31.3 Å². The van der Waals surface area contributed by atoms with Crippen LogP contribution in [0.5, 0.6) is 5.75 Å². The highest BCUT2D eigenvalue weighted by Gasteiger charge is 2.17. The molecule has 2 N–H and O–H groups in total. The summed E-state index contributed by atoms with van der Waals surface area (Å²) >= 11 is 5.87. The van der Waals surface area contributed by atoms with Crippen LogP contribution in [0.4, 0.5) is 11.4 Å². The zero-order chi connectivity index (χ0) is 19.2. The molecule has 1 aliphatic heterocycles. The maximum atomic E-state index is 12.4. The van der Waals surface area contributed by atoms with Gasteiger partial charge in [-0.2, -0.15) is 0 Å². The predicted octanol–water partition coefficient (Wildman–Crippen LogP) is 4.65. The number of anilines is 2. The molecule has 5 nitrogen and oxygen atoms in total. The fourth-order valence-electron chi connectivity index (χ4n) is 2.94. The number of nitrogens with one attached hydrogen (secondary N) is 2. The van der Waals surface area contributed by atoms with E-state index in [1.807, 2.05) is 32.0 Å². The second-order valence-corrected chi connectivity index (χ2v) is 7.21. The fraction of sp³-hybridized carbons (Fsp3) is 0.381. The largest absolute Gasteiger partial charge is 0.490 e. The van der Waals surface area contributed by atoms with Crippen LogP contribution in [0.2, 0.25) is 5.02 Å². The molecule has 0 spiro atoms. The van der Waals surface area contributed by atoms with Crippen molar-refractivity contribution in [2.75, 3.05) is 23.8 Å². The lowest BCUT2D eigenvalue weighted by molar-refractivity contribution is -0.116. The molecule has 6 heteroatoms. The number of benzene rings is 2. The number of halogens is 1. The van der Waals surface area contributed by atoms with Gasteiger partial charge in [0, 0.05) is 29.2 Å². The highest BCUT2D eigenvalue weighted by Crippen LogP contribution is 2.25. The Balaban J connectivity index is 1.56. The first-order valence-electron chi connectivity index (χ1n) is 9.19. The maximum Gasteiger partial charge on any atom is 0.246 e. The van der Waals surface area contributed by atoms with E-state index in [1.54, 1.807) is 24.3 Å². The second kappa shape index (κ2) is 9.11. The summed E-state index contributed by atoms with van der Waals surface area (Å²) in [5, 5.41) is 6.74. The number of hydrogen-bond donors (Lipinski definition) is 2. The lowest BCUT2D eigenvalue weighted by Gasteiger charge is -2.24. The Morgan fingerprint density at radius 3 is 2.48 bits per heavy atom. The van der Waals surface area contributed by atoms with E-state index in [0.29, 0.717) is 5.02 Å². The van der Waals surface area contributed by atoms with Gasteiger partial charge in [-0.05, 0) is 61.9 Å². The van der Waals surface area contributed by atoms with Gasteiger partial charge in [-0.25, -0.2) is 0 Å². The first kappa shape index (κ1) is 19.5. The minimum absolute atomic E-state index is 0.113. The van der Waals surface area contributed by atoms with Gasteiger partial charge in [0.05, 0.1) is 13.2 Å². The standard InChI is InChI=1S/C21H25ClN2O3/c1-14-13-18(7-8-20(14)27-19-9-11-26-12-10-19)23-15(2)21(25)24-17-5-3-16(22)4-6-17/h3-8,13,15,19,23H,9-12H2,1-2H3,(H,24,25). The van der Waals surface area contributed by atoms with Crippen molar-refractivity contribution in [1.82, 2.24) is 0 Å². The van der Waals surface area contributed by atoms with Crippen LogP contribution in [0.15, 0.2) is 42.5 Å². The number of amides is 1. The molecule has 0 radical (unpaired) electrons. The molecule has 1 heterocycles. The van der Waals surface area contributed by atoms with Gasteiger partial charge in [-0.15, -0.1) is 0 Å². The molecule has 0 saturated carbocycles. The average Bonchev–Trinajstić information content (AvgIpc) is 2.66. The van der Waals surface area contributed by atoms with Crippen LogP contribution >= 0.6 is 11.6 Å². The molecule has 1 unspecified atom stereocenters. The number of aryl methyl sites for hydroxylation is 1. The molecular weight excluding hydrogens is 364 g/mol. The minimum Gasteiger partial charge on any atom is -0.490 e. The summed E-state index contributed by atoms with van der Waals surface area (Å²) in [7, 11) is 0. The van der Waals surface area contributed by atoms with Crippen molar-refractivity contribution >= 4 is 28.9 Å². The van der Waals surface area contributed by atoms with Crippen molar-refractivity contribution in [1.29, 1.82) is 0 Å². The van der Waals surface area contributed by atoms with E-state index in [2.05, 4.69) is 10.6 Å². The van der Waals surface area contributed by atoms with E-state index in [4.69, 9.17) is 21.1 Å². The Morgan fingerprint density at radius 1 is 1.15 bits per heavy atom. The first-order chi connectivity index (χ1) is 13.0. The van der Waals surface area contributed by atoms with E-state index < -0.39 is 0 Å². The zero-order valence-corrected chi connectivity index (χ0v) is 16.4. The summed E-state index contributed by atoms with van der Waals surface area (Å²) in [5.74, 6) is 0.767. The van der Waals surface area contributed by atoms with Gasteiger partial charge >= 0.3 is 0 Å². The van der Waals surface area contributed by atoms with E-state index in [0.717, 1.165) is 48.7 Å². The molecule has 1 amide bonds. The molecule has 2 aromatic rings. The Hall–Kier alpha value is -2.24. The van der Waals surface area contributed by atoms with E-state index >= 15 is 0 Å². The molecule has 0 aromatic heterocycles. The van der Waals surface area contributed by atoms with Crippen molar-refractivity contribution in [2.45, 2.75) is 38.8 Å². The summed E-state index contributed by atoms with van der Waals surface area (Å²) in [6.45, 7) is 5.35. The normalized spacial score (nSPS) is 15.8. The third kappa shape index (κ3) is 5.62. The van der Waals surface area contributed by atoms with Gasteiger partial charge < -0.3 is 20.1 Å². The fourth-order valence-corrected chi connectivity index (χ4v) is 3.07. The molecule has 0 aliphatic carbocycles. The topological polar surface area (TPSA) is 59.6 Å². The summed E-state index contributed by atoms with van der Waals surface area (Å²) in [4.78, 5) is 12.4. The Morgan fingerprint density at radius 2 is 1.81 bits per heavy atom. The summed E-state index contributed by atoms with van der Waals surface area (Å²) < 4.78 is 11.5. The molecule has 27 heavy (non-hydrogen) atoms. The van der Waals surface area contributed by atoms with Gasteiger partial charge in [0.1, 0.15) is 17.9 Å². The molecule has 1 fully saturated rings. The van der Waals surface area contributed by atoms with Crippen molar-refractivity contribution in [3.63, 3.8) is 0 Å². The number of carbonyl (C=O) groups is 1. The van der Waals surface area contributed by atoms with Gasteiger partial charge in [-0.1, -0.05) is 11.6 Å². The first-order valence-corrected chi connectivity index (χ1v) is 9.57. The Labute approximate surface area is 165 Å². The molecule has 2 aromatic carbocycles. The van der Waals surface area contributed by atoms with Crippen LogP contribution in [0, 0.1) is 6.92 Å². The van der Waals surface area contributed by atoms with Crippen LogP contribution in [0.1, 0.15) is 25.3 Å². The van der Waals surface area contributed by atoms with Crippen LogP contribution in [0.3, 0.4) is 0 Å². The van der Waals surface area contributed by atoms with Crippen LogP contribution in [0.25, 0.3) is 0 Å². The lowest BCUT2D eigenvalue weighted by Crippen LogP contribution is -2.31. The summed E-state index contributed by atoms with van der Waals surface area (Å²) in [5.41, 5.74) is 2.64. The van der Waals surface area contributed by atoms with E-state index in [1.165, 1.54) is 0 Å². The van der Waals surface area contributed by atoms with Crippen molar-refractivity contribution < 1.29 is 14.3 Å². The quantitative estimate of drug-likeness (QED) is 0.756. The summed E-state index contributed by atoms with van der Waals surface area (Å²) in [6.07, 6.45) is 2.04. The summed E-state index contributed by atoms with van der Waals surface area (Å²) in [6, 6.07) is 12.6. The lowest BCUT2D eigenvalue weighted by atomic mass is 10.1. The Bertz CT molecular complexity index is 773. The van der Waals surface area contributed by atoms with Gasteiger partial charge in [0.25, 0.3) is 0 Å². The minimum atomic E-state index is -0.387. The monoisotopic (exact) mass is 388 g/mol. The van der Waals surface area contributed by atoms with E-state index in [-0.39, 0.29) is 18.1 Å². The number of carbonyl (C=O) groups excluding carboxylic acids is 1. The SMILES string of the molecule is Cc1cc(NC(C)C(=O)Nc2ccc(Cl)cc2)ccc1OC1CCOCC1. The van der Waals surface area contributed by atoms with E-state index in [9.17, 15) is 4.79 Å². The molecular formula is C21H25ClN2O3. The molecule has 1 saturated heterocycles. The number of hydrogen-bond acceptors (Lipinski definition) is 4. The highest BCUT2D eigenvalue weighted by molar-refractivity contribution is 6.30. The van der Waals surface area contributed by atoms with Gasteiger partial charge in [0.15, 0.2) is 0 Å². The number of ether oxygens (including phenoxy) is 2. The van der Waals surface area contributed by atoms with Gasteiger partial charge in [0.2, 0.25) is 5.91 Å². The van der Waals surface area contributed by atoms with Crippen molar-refractivity contribution in [3.8, 4) is 5.75 Å². The molecule has 0 bridgehead atoms. The number of rotatable bonds is 6. The average molecular weight is 389 g/mol. The molecule has 3 rings (SSSR count).